The summed E-state index contributed by atoms with van der Waals surface area (Å²) in [5.74, 6) is 1.16. The molecule has 0 bridgehead atoms. The third-order valence-corrected chi connectivity index (χ3v) is 5.73. The second-order valence-electron chi connectivity index (χ2n) is 7.94. The molecule has 0 aliphatic carbocycles. The zero-order valence-electron chi connectivity index (χ0n) is 17.8. The van der Waals surface area contributed by atoms with Crippen LogP contribution in [0.1, 0.15) is 19.3 Å². The third-order valence-electron chi connectivity index (χ3n) is 5.41. The molecule has 7 nitrogen and oxygen atoms in total. The number of nitrogens with one attached hydrogen (secondary N) is 2. The highest BCUT2D eigenvalue weighted by molar-refractivity contribution is 14.0. The van der Waals surface area contributed by atoms with Gasteiger partial charge in [-0.25, -0.2) is 4.99 Å². The highest BCUT2D eigenvalue weighted by atomic mass is 127. The Bertz CT molecular complexity index is 712. The minimum absolute atomic E-state index is 0. The predicted octanol–water partition coefficient (Wildman–Crippen LogP) is 2.59. The van der Waals surface area contributed by atoms with Gasteiger partial charge in [-0.1, -0.05) is 23.7 Å². The molecule has 168 valence electrons. The van der Waals surface area contributed by atoms with Crippen molar-refractivity contribution in [3.63, 3.8) is 0 Å². The maximum atomic E-state index is 12.0. The molecule has 2 saturated heterocycles. The Kier molecular flexibility index (Phi) is 10.5. The average Bonchev–Trinajstić information content (AvgIpc) is 3.24. The quantitative estimate of drug-likeness (QED) is 0.324. The number of piperidine rings is 1. The van der Waals surface area contributed by atoms with Crippen LogP contribution in [-0.2, 0) is 9.53 Å². The molecule has 0 spiro atoms. The first-order chi connectivity index (χ1) is 14.0. The SMILES string of the molecule is CN(C)C(=O)CN=C(NCC1CCOC1)NC1CCCN(c2ccccc2Cl)C1.I. The Labute approximate surface area is 201 Å². The monoisotopic (exact) mass is 549 g/mol. The van der Waals surface area contributed by atoms with Gasteiger partial charge in [-0.15, -0.1) is 24.0 Å². The summed E-state index contributed by atoms with van der Waals surface area (Å²) in [5.41, 5.74) is 1.07. The van der Waals surface area contributed by atoms with Gasteiger partial charge in [0.05, 0.1) is 17.3 Å². The van der Waals surface area contributed by atoms with E-state index in [1.807, 2.05) is 18.2 Å². The number of halogens is 2. The van der Waals surface area contributed by atoms with Crippen molar-refractivity contribution >= 4 is 53.1 Å². The lowest BCUT2D eigenvalue weighted by Crippen LogP contribution is -2.52. The standard InChI is InChI=1S/C21H32ClN5O2.HI/c1-26(2)20(28)13-24-21(23-12-16-9-11-29-15-16)25-17-6-5-10-27(14-17)19-8-4-3-7-18(19)22;/h3-4,7-8,16-17H,5-6,9-15H2,1-2H3,(H2,23,24,25);1H. The second kappa shape index (κ2) is 12.6. The van der Waals surface area contributed by atoms with E-state index in [0.717, 1.165) is 62.8 Å². The van der Waals surface area contributed by atoms with Gasteiger partial charge in [0.2, 0.25) is 5.91 Å². The van der Waals surface area contributed by atoms with E-state index in [1.54, 1.807) is 19.0 Å². The zero-order valence-corrected chi connectivity index (χ0v) is 20.9. The Morgan fingerprint density at radius 3 is 2.83 bits per heavy atom. The van der Waals surface area contributed by atoms with Gasteiger partial charge in [0.1, 0.15) is 6.54 Å². The summed E-state index contributed by atoms with van der Waals surface area (Å²) in [6.07, 6.45) is 3.18. The number of hydrogen-bond acceptors (Lipinski definition) is 4. The molecule has 2 heterocycles. The van der Waals surface area contributed by atoms with Crippen LogP contribution in [-0.4, -0.2) is 76.3 Å². The highest BCUT2D eigenvalue weighted by Crippen LogP contribution is 2.27. The molecule has 1 amide bonds. The van der Waals surface area contributed by atoms with Crippen LogP contribution in [0.5, 0.6) is 0 Å². The molecule has 2 N–H and O–H groups in total. The lowest BCUT2D eigenvalue weighted by atomic mass is 10.0. The van der Waals surface area contributed by atoms with Crippen LogP contribution in [0.25, 0.3) is 0 Å². The summed E-state index contributed by atoms with van der Waals surface area (Å²) in [4.78, 5) is 20.4. The number of aliphatic imine (C=N–C) groups is 1. The molecular formula is C21H33ClIN5O2. The van der Waals surface area contributed by atoms with Gasteiger partial charge in [0.15, 0.2) is 5.96 Å². The molecule has 0 saturated carbocycles. The Balaban J connectivity index is 0.00000320. The molecule has 2 aliphatic heterocycles. The maximum Gasteiger partial charge on any atom is 0.243 e. The number of carbonyl (C=O) groups excluding carboxylic acids is 1. The zero-order chi connectivity index (χ0) is 20.6. The molecule has 2 atom stereocenters. The Morgan fingerprint density at radius 2 is 2.13 bits per heavy atom. The maximum absolute atomic E-state index is 12.0. The molecule has 9 heteroatoms. The topological polar surface area (TPSA) is 69.2 Å². The summed E-state index contributed by atoms with van der Waals surface area (Å²) < 4.78 is 5.46. The van der Waals surface area contributed by atoms with E-state index in [9.17, 15) is 4.79 Å². The molecule has 1 aromatic carbocycles. The van der Waals surface area contributed by atoms with Crippen molar-refractivity contribution in [2.75, 3.05) is 58.4 Å². The molecule has 2 unspecified atom stereocenters. The number of likely N-dealkylation sites (N-methyl/N-ethyl adjacent to an activating group) is 1. The van der Waals surface area contributed by atoms with Gasteiger partial charge in [0.25, 0.3) is 0 Å². The molecular weight excluding hydrogens is 517 g/mol. The van der Waals surface area contributed by atoms with Crippen molar-refractivity contribution in [1.29, 1.82) is 0 Å². The number of rotatable bonds is 6. The first kappa shape index (κ1) is 25.0. The average molecular weight is 550 g/mol. The van der Waals surface area contributed by atoms with E-state index in [1.165, 1.54) is 0 Å². The van der Waals surface area contributed by atoms with Gasteiger partial charge in [-0.05, 0) is 31.4 Å². The van der Waals surface area contributed by atoms with Crippen LogP contribution in [0.2, 0.25) is 5.02 Å². The van der Waals surface area contributed by atoms with Gasteiger partial charge in [-0.3, -0.25) is 4.79 Å². The number of nitrogens with zero attached hydrogens (tertiary/aromatic N) is 3. The minimum atomic E-state index is -0.0170. The number of para-hydroxylation sites is 1. The molecule has 2 aliphatic rings. The molecule has 1 aromatic rings. The third kappa shape index (κ3) is 7.46. The fourth-order valence-corrected chi connectivity index (χ4v) is 3.90. The van der Waals surface area contributed by atoms with Gasteiger partial charge in [0, 0.05) is 52.3 Å². The van der Waals surface area contributed by atoms with Crippen molar-refractivity contribution in [3.05, 3.63) is 29.3 Å². The van der Waals surface area contributed by atoms with E-state index in [-0.39, 0.29) is 42.5 Å². The largest absolute Gasteiger partial charge is 0.381 e. The molecule has 30 heavy (non-hydrogen) atoms. The number of benzene rings is 1. The van der Waals surface area contributed by atoms with Crippen molar-refractivity contribution in [2.45, 2.75) is 25.3 Å². The summed E-state index contributed by atoms with van der Waals surface area (Å²) in [7, 11) is 3.49. The van der Waals surface area contributed by atoms with Crippen molar-refractivity contribution in [1.82, 2.24) is 15.5 Å². The van der Waals surface area contributed by atoms with Crippen LogP contribution in [0, 0.1) is 5.92 Å². The van der Waals surface area contributed by atoms with Crippen LogP contribution < -0.4 is 15.5 Å². The van der Waals surface area contributed by atoms with Crippen molar-refractivity contribution in [2.24, 2.45) is 10.9 Å². The summed E-state index contributed by atoms with van der Waals surface area (Å²) in [6.45, 7) is 4.35. The number of anilines is 1. The fraction of sp³-hybridized carbons (Fsp3) is 0.619. The lowest BCUT2D eigenvalue weighted by molar-refractivity contribution is -0.127. The summed E-state index contributed by atoms with van der Waals surface area (Å²) in [6, 6.07) is 8.20. The molecule has 2 fully saturated rings. The number of ether oxygens (including phenoxy) is 1. The van der Waals surface area contributed by atoms with Crippen LogP contribution in [0.3, 0.4) is 0 Å². The molecule has 0 aromatic heterocycles. The van der Waals surface area contributed by atoms with E-state index >= 15 is 0 Å². The van der Waals surface area contributed by atoms with E-state index < -0.39 is 0 Å². The fourth-order valence-electron chi connectivity index (χ4n) is 3.64. The number of hydrogen-bond donors (Lipinski definition) is 2. The van der Waals surface area contributed by atoms with Gasteiger partial charge >= 0.3 is 0 Å². The highest BCUT2D eigenvalue weighted by Gasteiger charge is 2.23. The number of amides is 1. The smallest absolute Gasteiger partial charge is 0.243 e. The second-order valence-corrected chi connectivity index (χ2v) is 8.35. The van der Waals surface area contributed by atoms with Gasteiger partial charge < -0.3 is 25.2 Å². The Hall–Kier alpha value is -1.26. The summed E-state index contributed by atoms with van der Waals surface area (Å²) >= 11 is 6.40. The predicted molar refractivity (Wildman–Crippen MR) is 133 cm³/mol. The van der Waals surface area contributed by atoms with E-state index in [4.69, 9.17) is 16.3 Å². The minimum Gasteiger partial charge on any atom is -0.381 e. The molecule has 3 rings (SSSR count). The van der Waals surface area contributed by atoms with Crippen LogP contribution >= 0.6 is 35.6 Å². The van der Waals surface area contributed by atoms with Crippen LogP contribution in [0.15, 0.2) is 29.3 Å². The Morgan fingerprint density at radius 1 is 1.33 bits per heavy atom. The van der Waals surface area contributed by atoms with E-state index in [0.29, 0.717) is 11.9 Å². The lowest BCUT2D eigenvalue weighted by Gasteiger charge is -2.36. The summed E-state index contributed by atoms with van der Waals surface area (Å²) in [5, 5.41) is 7.72. The van der Waals surface area contributed by atoms with Crippen molar-refractivity contribution in [3.8, 4) is 0 Å². The molecule has 0 radical (unpaired) electrons. The normalized spacial score (nSPS) is 21.7. The number of guanidine groups is 1. The van der Waals surface area contributed by atoms with Gasteiger partial charge in [-0.2, -0.15) is 0 Å². The first-order valence-corrected chi connectivity index (χ1v) is 10.7. The van der Waals surface area contributed by atoms with Crippen molar-refractivity contribution < 1.29 is 9.53 Å². The van der Waals surface area contributed by atoms with Crippen LogP contribution in [0.4, 0.5) is 5.69 Å². The first-order valence-electron chi connectivity index (χ1n) is 10.3. The van der Waals surface area contributed by atoms with E-state index in [2.05, 4.69) is 26.6 Å². The number of carbonyl (C=O) groups is 1.